The van der Waals surface area contributed by atoms with E-state index in [1.807, 2.05) is 0 Å². The molecule has 0 aliphatic heterocycles. The highest BCUT2D eigenvalue weighted by Gasteiger charge is 2.19. The van der Waals surface area contributed by atoms with Crippen molar-refractivity contribution in [2.24, 2.45) is 0 Å². The SMILES string of the molecule is CC/C=C\C/C=C\C/C=C\C/C=C\C/C=C\C/C=C\C/C=C\C/C=C\C/C=C\CCCCCCCCCC(=O)OCC(COC(=O)CCCCCCC/C=C\CCCC)OC(=O)CCCCCCC/C=C\CCCCCCCCC. The van der Waals surface area contributed by atoms with Gasteiger partial charge in [0.1, 0.15) is 13.2 Å². The van der Waals surface area contributed by atoms with Gasteiger partial charge >= 0.3 is 17.9 Å². The quantitative estimate of drug-likeness (QED) is 0.0261. The van der Waals surface area contributed by atoms with E-state index >= 15 is 0 Å². The van der Waals surface area contributed by atoms with Crippen molar-refractivity contribution in [3.8, 4) is 0 Å². The first-order valence-corrected chi connectivity index (χ1v) is 33.2. The molecule has 0 amide bonds. The van der Waals surface area contributed by atoms with Crippen molar-refractivity contribution < 1.29 is 28.6 Å². The molecule has 0 saturated heterocycles. The van der Waals surface area contributed by atoms with Crippen LogP contribution in [-0.2, 0) is 28.6 Å². The lowest BCUT2D eigenvalue weighted by molar-refractivity contribution is -0.167. The number of ether oxygens (including phenoxy) is 3. The third-order valence-corrected chi connectivity index (χ3v) is 13.9. The topological polar surface area (TPSA) is 78.9 Å². The Balaban J connectivity index is 4.25. The molecule has 0 spiro atoms. The van der Waals surface area contributed by atoms with E-state index in [4.69, 9.17) is 14.2 Å². The van der Waals surface area contributed by atoms with Gasteiger partial charge in [0, 0.05) is 19.3 Å². The highest BCUT2D eigenvalue weighted by atomic mass is 16.6. The fourth-order valence-electron chi connectivity index (χ4n) is 8.88. The lowest BCUT2D eigenvalue weighted by Gasteiger charge is -2.18. The number of unbranched alkanes of at least 4 members (excludes halogenated alkanes) is 26. The molecule has 0 N–H and O–H groups in total. The van der Waals surface area contributed by atoms with E-state index < -0.39 is 6.10 Å². The molecule has 6 nitrogen and oxygen atoms in total. The van der Waals surface area contributed by atoms with Crippen molar-refractivity contribution in [1.29, 1.82) is 0 Å². The molecule has 0 saturated carbocycles. The molecule has 0 bridgehead atoms. The van der Waals surface area contributed by atoms with Crippen LogP contribution in [-0.4, -0.2) is 37.2 Å². The summed E-state index contributed by atoms with van der Waals surface area (Å²) in [6.45, 7) is 6.47. The minimum absolute atomic E-state index is 0.0906. The molecule has 0 aliphatic carbocycles. The van der Waals surface area contributed by atoms with Gasteiger partial charge in [-0.25, -0.2) is 0 Å². The van der Waals surface area contributed by atoms with Crippen LogP contribution in [0, 0.1) is 0 Å². The molecule has 0 radical (unpaired) electrons. The highest BCUT2D eigenvalue weighted by Crippen LogP contribution is 2.15. The average Bonchev–Trinajstić information content (AvgIpc) is 3.46. The summed E-state index contributed by atoms with van der Waals surface area (Å²) in [6, 6.07) is 0. The molecule has 0 rings (SSSR count). The van der Waals surface area contributed by atoms with Gasteiger partial charge in [0.05, 0.1) is 0 Å². The predicted octanol–water partition coefficient (Wildman–Crippen LogP) is 22.9. The first-order valence-electron chi connectivity index (χ1n) is 33.2. The van der Waals surface area contributed by atoms with Crippen molar-refractivity contribution in [3.05, 3.63) is 134 Å². The molecule has 6 heteroatoms. The second kappa shape index (κ2) is 67.1. The van der Waals surface area contributed by atoms with Crippen molar-refractivity contribution in [2.45, 2.75) is 303 Å². The molecule has 0 aromatic rings. The molecule has 0 heterocycles. The molecular weight excluding hydrogens is 985 g/mol. The monoisotopic (exact) mass is 1110 g/mol. The molecule has 454 valence electrons. The van der Waals surface area contributed by atoms with E-state index in [1.54, 1.807) is 0 Å². The van der Waals surface area contributed by atoms with Gasteiger partial charge in [-0.1, -0.05) is 276 Å². The standard InChI is InChI=1S/C74H122O6/c1-4-7-10-13-16-19-22-24-26-28-29-30-31-32-33-34-35-36-37-38-39-40-41-42-43-44-45-46-48-49-52-55-58-61-64-67-73(76)79-70-71(69-78-72(75)66-63-60-57-54-51-21-18-15-12-9-6-3)80-74(77)68-65-62-59-56-53-50-47-27-25-23-20-17-14-11-8-5-2/h7,10,15-16,18-19,24,26-27,29-30,32-33,35-36,38-39,41-42,44-45,47,71H,4-6,8-9,11-14,17,20-23,25,28,31,34,37,40,43,46,48-70H2,1-3H3/b10-7-,18-15-,19-16-,26-24-,30-29-,33-32-,36-35-,39-38-,42-41-,45-44-,47-27-. The van der Waals surface area contributed by atoms with Gasteiger partial charge in [0.15, 0.2) is 6.10 Å². The van der Waals surface area contributed by atoms with Crippen LogP contribution in [0.15, 0.2) is 134 Å². The molecular formula is C74H122O6. The van der Waals surface area contributed by atoms with E-state index in [9.17, 15) is 14.4 Å². The summed E-state index contributed by atoms with van der Waals surface area (Å²) >= 11 is 0. The number of esters is 3. The van der Waals surface area contributed by atoms with Crippen LogP contribution in [0.25, 0.3) is 0 Å². The van der Waals surface area contributed by atoms with Gasteiger partial charge in [0.2, 0.25) is 0 Å². The lowest BCUT2D eigenvalue weighted by Crippen LogP contribution is -2.30. The van der Waals surface area contributed by atoms with Crippen LogP contribution >= 0.6 is 0 Å². The Morgan fingerprint density at radius 3 is 0.812 bits per heavy atom. The summed E-state index contributed by atoms with van der Waals surface area (Å²) in [4.78, 5) is 38.2. The third-order valence-electron chi connectivity index (χ3n) is 13.9. The van der Waals surface area contributed by atoms with Crippen LogP contribution in [0.4, 0.5) is 0 Å². The molecule has 0 fully saturated rings. The van der Waals surface area contributed by atoms with E-state index in [0.717, 1.165) is 148 Å². The van der Waals surface area contributed by atoms with Gasteiger partial charge in [-0.2, -0.15) is 0 Å². The minimum atomic E-state index is -0.794. The smallest absolute Gasteiger partial charge is 0.306 e. The summed E-state index contributed by atoms with van der Waals surface area (Å²) in [5.74, 6) is -0.917. The molecule has 0 aliphatic rings. The van der Waals surface area contributed by atoms with Crippen LogP contribution in [0.5, 0.6) is 0 Å². The number of allylic oxidation sites excluding steroid dienone is 22. The summed E-state index contributed by atoms with van der Waals surface area (Å²) in [5.41, 5.74) is 0. The zero-order valence-electron chi connectivity index (χ0n) is 52.0. The maximum atomic E-state index is 12.9. The van der Waals surface area contributed by atoms with Crippen LogP contribution in [0.3, 0.4) is 0 Å². The fourth-order valence-corrected chi connectivity index (χ4v) is 8.88. The van der Waals surface area contributed by atoms with Crippen molar-refractivity contribution in [3.63, 3.8) is 0 Å². The Kier molecular flexibility index (Phi) is 63.3. The normalized spacial score (nSPS) is 13.0. The van der Waals surface area contributed by atoms with E-state index in [1.165, 1.54) is 109 Å². The number of carbonyl (C=O) groups excluding carboxylic acids is 3. The molecule has 0 aromatic carbocycles. The Hall–Kier alpha value is -4.45. The van der Waals surface area contributed by atoms with Crippen LogP contribution in [0.2, 0.25) is 0 Å². The minimum Gasteiger partial charge on any atom is -0.462 e. The maximum absolute atomic E-state index is 12.9. The zero-order chi connectivity index (χ0) is 57.8. The van der Waals surface area contributed by atoms with E-state index in [0.29, 0.717) is 19.3 Å². The van der Waals surface area contributed by atoms with Crippen molar-refractivity contribution in [2.75, 3.05) is 13.2 Å². The van der Waals surface area contributed by atoms with E-state index in [-0.39, 0.29) is 31.1 Å². The van der Waals surface area contributed by atoms with Crippen molar-refractivity contribution in [1.82, 2.24) is 0 Å². The second-order valence-corrected chi connectivity index (χ2v) is 21.6. The first kappa shape index (κ1) is 75.5. The summed E-state index contributed by atoms with van der Waals surface area (Å²) < 4.78 is 16.9. The summed E-state index contributed by atoms with van der Waals surface area (Å²) in [5, 5.41) is 0. The lowest BCUT2D eigenvalue weighted by atomic mass is 10.1. The second-order valence-electron chi connectivity index (χ2n) is 21.6. The number of carbonyl (C=O) groups is 3. The first-order chi connectivity index (χ1) is 39.5. The van der Waals surface area contributed by atoms with Gasteiger partial charge in [-0.05, 0) is 135 Å². The summed E-state index contributed by atoms with van der Waals surface area (Å²) in [7, 11) is 0. The highest BCUT2D eigenvalue weighted by molar-refractivity contribution is 5.71. The van der Waals surface area contributed by atoms with Gasteiger partial charge < -0.3 is 14.2 Å². The maximum Gasteiger partial charge on any atom is 0.306 e. The van der Waals surface area contributed by atoms with Gasteiger partial charge in [-0.3, -0.25) is 14.4 Å². The van der Waals surface area contributed by atoms with Crippen molar-refractivity contribution >= 4 is 17.9 Å². The van der Waals surface area contributed by atoms with Crippen LogP contribution < -0.4 is 0 Å². The molecule has 1 atom stereocenters. The Morgan fingerprint density at radius 2 is 0.500 bits per heavy atom. The Morgan fingerprint density at radius 1 is 0.263 bits per heavy atom. The average molecular weight is 1110 g/mol. The van der Waals surface area contributed by atoms with E-state index in [2.05, 4.69) is 154 Å². The van der Waals surface area contributed by atoms with Gasteiger partial charge in [-0.15, -0.1) is 0 Å². The Bertz CT molecular complexity index is 1700. The largest absolute Gasteiger partial charge is 0.462 e. The number of hydrogen-bond acceptors (Lipinski definition) is 6. The molecule has 0 aromatic heterocycles. The molecule has 80 heavy (non-hydrogen) atoms. The number of hydrogen-bond donors (Lipinski definition) is 0. The zero-order valence-corrected chi connectivity index (χ0v) is 52.0. The summed E-state index contributed by atoms with van der Waals surface area (Å²) in [6.07, 6.45) is 94.7. The molecule has 1 unspecified atom stereocenters. The predicted molar refractivity (Wildman–Crippen MR) is 348 cm³/mol. The third kappa shape index (κ3) is 64.4. The Labute approximate surface area is 494 Å². The van der Waals surface area contributed by atoms with Gasteiger partial charge in [0.25, 0.3) is 0 Å². The van der Waals surface area contributed by atoms with Crippen LogP contribution in [0.1, 0.15) is 297 Å². The fraction of sp³-hybridized carbons (Fsp3) is 0.662. The number of rotatable bonds is 59.